The molecular formula is C24H32N4O2S2. The molecule has 1 aliphatic rings. The van der Waals surface area contributed by atoms with E-state index in [0.29, 0.717) is 18.2 Å². The highest BCUT2D eigenvalue weighted by atomic mass is 32.1. The van der Waals surface area contributed by atoms with Gasteiger partial charge in [-0.05, 0) is 39.0 Å². The summed E-state index contributed by atoms with van der Waals surface area (Å²) in [6.07, 6.45) is 8.03. The molecule has 3 aromatic rings. The molecule has 1 amide bonds. The van der Waals surface area contributed by atoms with Gasteiger partial charge in [0.1, 0.15) is 10.7 Å². The monoisotopic (exact) mass is 472 g/mol. The minimum absolute atomic E-state index is 0.389. The Hall–Kier alpha value is -2.19. The SMILES string of the molecule is CCCCNC(=O)Oc1cc(-c2csc(-c3csc(C)n3)n2)n(CC2CCCCC2)c1C. The Morgan fingerprint density at radius 2 is 1.94 bits per heavy atom. The minimum Gasteiger partial charge on any atom is -0.408 e. The quantitative estimate of drug-likeness (QED) is 0.365. The number of aryl methyl sites for hydroxylation is 1. The lowest BCUT2D eigenvalue weighted by atomic mass is 9.89. The molecule has 0 saturated heterocycles. The van der Waals surface area contributed by atoms with Gasteiger partial charge in [0.15, 0.2) is 5.75 Å². The van der Waals surface area contributed by atoms with Gasteiger partial charge < -0.3 is 14.6 Å². The summed E-state index contributed by atoms with van der Waals surface area (Å²) in [6.45, 7) is 7.72. The van der Waals surface area contributed by atoms with E-state index >= 15 is 0 Å². The van der Waals surface area contributed by atoms with Crippen LogP contribution in [0, 0.1) is 19.8 Å². The Bertz CT molecular complexity index is 1050. The lowest BCUT2D eigenvalue weighted by molar-refractivity contribution is 0.200. The summed E-state index contributed by atoms with van der Waals surface area (Å²) >= 11 is 3.25. The zero-order valence-electron chi connectivity index (χ0n) is 19.1. The largest absolute Gasteiger partial charge is 0.412 e. The molecule has 4 rings (SSSR count). The molecule has 8 heteroatoms. The molecule has 0 aromatic carbocycles. The summed E-state index contributed by atoms with van der Waals surface area (Å²) < 4.78 is 8.01. The molecule has 1 saturated carbocycles. The van der Waals surface area contributed by atoms with E-state index in [9.17, 15) is 4.79 Å². The average molecular weight is 473 g/mol. The second-order valence-corrected chi connectivity index (χ2v) is 10.5. The van der Waals surface area contributed by atoms with Crippen molar-refractivity contribution in [2.24, 2.45) is 5.92 Å². The summed E-state index contributed by atoms with van der Waals surface area (Å²) in [5.74, 6) is 1.27. The number of carbonyl (C=O) groups excluding carboxylic acids is 1. The van der Waals surface area contributed by atoms with Crippen molar-refractivity contribution in [3.63, 3.8) is 0 Å². The zero-order chi connectivity index (χ0) is 22.5. The molecule has 0 radical (unpaired) electrons. The van der Waals surface area contributed by atoms with Crippen LogP contribution in [-0.4, -0.2) is 27.2 Å². The number of nitrogens with one attached hydrogen (secondary N) is 1. The van der Waals surface area contributed by atoms with E-state index in [1.54, 1.807) is 22.7 Å². The molecule has 32 heavy (non-hydrogen) atoms. The van der Waals surface area contributed by atoms with E-state index in [4.69, 9.17) is 9.72 Å². The van der Waals surface area contributed by atoms with Crippen molar-refractivity contribution < 1.29 is 9.53 Å². The predicted octanol–water partition coefficient (Wildman–Crippen LogP) is 6.82. The number of unbranched alkanes of at least 4 members (excludes halogenated alkanes) is 1. The first-order valence-electron chi connectivity index (χ1n) is 11.6. The Morgan fingerprint density at radius 3 is 2.66 bits per heavy atom. The second-order valence-electron chi connectivity index (χ2n) is 8.55. The fourth-order valence-corrected chi connectivity index (χ4v) is 5.72. The first-order chi connectivity index (χ1) is 15.5. The number of thiazole rings is 2. The van der Waals surface area contributed by atoms with Crippen LogP contribution in [0.15, 0.2) is 16.8 Å². The maximum atomic E-state index is 12.3. The molecule has 0 atom stereocenters. The normalized spacial score (nSPS) is 14.6. The Labute approximate surface area is 198 Å². The van der Waals surface area contributed by atoms with E-state index in [1.165, 1.54) is 32.1 Å². The molecule has 1 fully saturated rings. The van der Waals surface area contributed by atoms with Gasteiger partial charge in [0.05, 0.1) is 22.1 Å². The number of hydrogen-bond acceptors (Lipinski definition) is 6. The predicted molar refractivity (Wildman–Crippen MR) is 132 cm³/mol. The van der Waals surface area contributed by atoms with Crippen LogP contribution >= 0.6 is 22.7 Å². The van der Waals surface area contributed by atoms with Gasteiger partial charge in [-0.15, -0.1) is 22.7 Å². The lowest BCUT2D eigenvalue weighted by Gasteiger charge is -2.24. The van der Waals surface area contributed by atoms with E-state index in [0.717, 1.165) is 52.2 Å². The van der Waals surface area contributed by atoms with Crippen molar-refractivity contribution in [2.75, 3.05) is 6.54 Å². The number of aromatic nitrogens is 3. The summed E-state index contributed by atoms with van der Waals surface area (Å²) in [4.78, 5) is 21.8. The van der Waals surface area contributed by atoms with Gasteiger partial charge >= 0.3 is 6.09 Å². The van der Waals surface area contributed by atoms with E-state index in [1.807, 2.05) is 19.9 Å². The molecule has 6 nitrogen and oxygen atoms in total. The first kappa shape index (κ1) is 23.0. The number of amides is 1. The third kappa shape index (κ3) is 5.41. The molecule has 1 aliphatic carbocycles. The van der Waals surface area contributed by atoms with E-state index in [2.05, 4.69) is 32.6 Å². The molecule has 172 valence electrons. The maximum absolute atomic E-state index is 12.3. The maximum Gasteiger partial charge on any atom is 0.412 e. The molecule has 3 heterocycles. The van der Waals surface area contributed by atoms with Crippen molar-refractivity contribution >= 4 is 28.8 Å². The summed E-state index contributed by atoms with van der Waals surface area (Å²) in [6, 6.07) is 1.97. The van der Waals surface area contributed by atoms with Crippen molar-refractivity contribution in [3.8, 4) is 27.8 Å². The highest BCUT2D eigenvalue weighted by Crippen LogP contribution is 2.36. The molecule has 3 aromatic heterocycles. The van der Waals surface area contributed by atoms with E-state index < -0.39 is 0 Å². The number of nitrogens with zero attached hydrogens (tertiary/aromatic N) is 3. The van der Waals surface area contributed by atoms with Crippen molar-refractivity contribution in [1.82, 2.24) is 19.9 Å². The number of hydrogen-bond donors (Lipinski definition) is 1. The Balaban J connectivity index is 1.61. The van der Waals surface area contributed by atoms with Crippen molar-refractivity contribution in [3.05, 3.63) is 27.5 Å². The van der Waals surface area contributed by atoms with Crippen molar-refractivity contribution in [1.29, 1.82) is 0 Å². The molecule has 0 spiro atoms. The fraction of sp³-hybridized carbons (Fsp3) is 0.542. The highest BCUT2D eigenvalue weighted by molar-refractivity contribution is 7.14. The van der Waals surface area contributed by atoms with Crippen LogP contribution in [0.5, 0.6) is 5.75 Å². The topological polar surface area (TPSA) is 69.0 Å². The summed E-state index contributed by atoms with van der Waals surface area (Å²) in [7, 11) is 0. The van der Waals surface area contributed by atoms with Gasteiger partial charge in [-0.3, -0.25) is 0 Å². The Kier molecular flexibility index (Phi) is 7.63. The van der Waals surface area contributed by atoms with Crippen LogP contribution in [0.4, 0.5) is 4.79 Å². The third-order valence-corrected chi connectivity index (χ3v) is 7.73. The number of ether oxygens (including phenoxy) is 1. The van der Waals surface area contributed by atoms with Crippen LogP contribution in [0.3, 0.4) is 0 Å². The van der Waals surface area contributed by atoms with Gasteiger partial charge in [0, 0.05) is 29.9 Å². The molecule has 1 N–H and O–H groups in total. The third-order valence-electron chi connectivity index (χ3n) is 6.09. The summed E-state index contributed by atoms with van der Waals surface area (Å²) in [5, 5.41) is 8.95. The van der Waals surface area contributed by atoms with Crippen LogP contribution in [-0.2, 0) is 6.54 Å². The van der Waals surface area contributed by atoms with Crippen LogP contribution in [0.1, 0.15) is 62.6 Å². The minimum atomic E-state index is -0.389. The molecule has 0 aliphatic heterocycles. The Morgan fingerprint density at radius 1 is 1.16 bits per heavy atom. The van der Waals surface area contributed by atoms with Crippen LogP contribution in [0.25, 0.3) is 22.1 Å². The number of carbonyl (C=O) groups is 1. The smallest absolute Gasteiger partial charge is 0.408 e. The molecular weight excluding hydrogens is 440 g/mol. The molecule has 0 bridgehead atoms. The zero-order valence-corrected chi connectivity index (χ0v) is 20.8. The van der Waals surface area contributed by atoms with Gasteiger partial charge in [-0.25, -0.2) is 14.8 Å². The van der Waals surface area contributed by atoms with Crippen molar-refractivity contribution in [2.45, 2.75) is 72.3 Å². The number of rotatable bonds is 8. The second kappa shape index (κ2) is 10.6. The molecule has 0 unspecified atom stereocenters. The van der Waals surface area contributed by atoms with Gasteiger partial charge in [0.25, 0.3) is 0 Å². The van der Waals surface area contributed by atoms with Crippen LogP contribution in [0.2, 0.25) is 0 Å². The van der Waals surface area contributed by atoms with Gasteiger partial charge in [0.2, 0.25) is 0 Å². The standard InChI is InChI=1S/C24H32N4O2S2/c1-4-5-11-25-24(29)30-22-12-21(28(16(22)2)13-18-9-7-6-8-10-18)19-14-32-23(27-19)20-15-31-17(3)26-20/h12,14-15,18H,4-11,13H2,1-3H3,(H,25,29). The van der Waals surface area contributed by atoms with Gasteiger partial charge in [-0.2, -0.15) is 0 Å². The highest BCUT2D eigenvalue weighted by Gasteiger charge is 2.23. The average Bonchev–Trinajstić information content (AvgIpc) is 3.50. The fourth-order valence-electron chi connectivity index (χ4n) is 4.27. The van der Waals surface area contributed by atoms with Crippen LogP contribution < -0.4 is 10.1 Å². The van der Waals surface area contributed by atoms with Gasteiger partial charge in [-0.1, -0.05) is 32.6 Å². The summed E-state index contributed by atoms with van der Waals surface area (Å²) in [5.41, 5.74) is 3.84. The van der Waals surface area contributed by atoms with E-state index in [-0.39, 0.29) is 6.09 Å². The lowest BCUT2D eigenvalue weighted by Crippen LogP contribution is -2.27. The first-order valence-corrected chi connectivity index (χ1v) is 13.3.